The molecule has 2 N–H and O–H groups in total. The van der Waals surface area contributed by atoms with Crippen LogP contribution in [0.1, 0.15) is 36.6 Å². The lowest BCUT2D eigenvalue weighted by atomic mass is 10.0. The van der Waals surface area contributed by atoms with Gasteiger partial charge in [0.15, 0.2) is 0 Å². The van der Waals surface area contributed by atoms with Crippen molar-refractivity contribution in [2.75, 3.05) is 0 Å². The number of hydrogen-bond donors (Lipinski definition) is 1. The van der Waals surface area contributed by atoms with Gasteiger partial charge >= 0.3 is 0 Å². The molecule has 5 heteroatoms. The highest BCUT2D eigenvalue weighted by atomic mass is 35.5. The molecule has 23 heavy (non-hydrogen) atoms. The monoisotopic (exact) mass is 331 g/mol. The summed E-state index contributed by atoms with van der Waals surface area (Å²) in [5.74, 6) is 0.115. The third-order valence-electron chi connectivity index (χ3n) is 3.99. The third kappa shape index (κ3) is 4.78. The summed E-state index contributed by atoms with van der Waals surface area (Å²) >= 11 is 0. The van der Waals surface area contributed by atoms with E-state index in [1.54, 1.807) is 6.20 Å². The SMILES string of the molecule is Cl.NC(CC(=O)N(Cc1ccccn1)C1CC1)c1ccccc1. The van der Waals surface area contributed by atoms with Gasteiger partial charge < -0.3 is 10.6 Å². The summed E-state index contributed by atoms with van der Waals surface area (Å²) in [6, 6.07) is 15.7. The zero-order valence-electron chi connectivity index (χ0n) is 13.0. The topological polar surface area (TPSA) is 59.2 Å². The van der Waals surface area contributed by atoms with Gasteiger partial charge in [0.1, 0.15) is 0 Å². The second-order valence-electron chi connectivity index (χ2n) is 5.80. The first-order chi connectivity index (χ1) is 10.7. The Bertz CT molecular complexity index is 617. The van der Waals surface area contributed by atoms with Crippen molar-refractivity contribution in [3.8, 4) is 0 Å². The van der Waals surface area contributed by atoms with Gasteiger partial charge in [-0.1, -0.05) is 36.4 Å². The molecule has 1 heterocycles. The predicted octanol–water partition coefficient (Wildman–Crippen LogP) is 3.08. The molecule has 1 aliphatic carbocycles. The standard InChI is InChI=1S/C18H21N3O.ClH/c19-17(14-6-2-1-3-7-14)12-18(22)21(16-9-10-16)13-15-8-4-5-11-20-15;/h1-8,11,16-17H,9-10,12-13,19H2;1H. The highest BCUT2D eigenvalue weighted by Gasteiger charge is 2.33. The number of nitrogens with two attached hydrogens (primary N) is 1. The number of pyridine rings is 1. The van der Waals surface area contributed by atoms with Gasteiger partial charge in [0.25, 0.3) is 0 Å². The molecule has 1 amide bonds. The average Bonchev–Trinajstić information content (AvgIpc) is 3.39. The quantitative estimate of drug-likeness (QED) is 0.885. The Kier molecular flexibility index (Phi) is 6.13. The average molecular weight is 332 g/mol. The van der Waals surface area contributed by atoms with Crippen LogP contribution < -0.4 is 5.73 Å². The van der Waals surface area contributed by atoms with Gasteiger partial charge in [-0.15, -0.1) is 12.4 Å². The minimum absolute atomic E-state index is 0. The van der Waals surface area contributed by atoms with Gasteiger partial charge in [-0.25, -0.2) is 0 Å². The maximum atomic E-state index is 12.6. The molecule has 0 saturated heterocycles. The summed E-state index contributed by atoms with van der Waals surface area (Å²) in [5.41, 5.74) is 8.12. The maximum Gasteiger partial charge on any atom is 0.225 e. The van der Waals surface area contributed by atoms with Gasteiger partial charge in [0.05, 0.1) is 12.2 Å². The van der Waals surface area contributed by atoms with Gasteiger partial charge in [-0.05, 0) is 30.5 Å². The number of hydrogen-bond acceptors (Lipinski definition) is 3. The summed E-state index contributed by atoms with van der Waals surface area (Å²) in [7, 11) is 0. The fourth-order valence-corrected chi connectivity index (χ4v) is 2.60. The number of halogens is 1. The number of benzene rings is 1. The van der Waals surface area contributed by atoms with Gasteiger partial charge in [0, 0.05) is 24.7 Å². The molecule has 1 saturated carbocycles. The highest BCUT2D eigenvalue weighted by Crippen LogP contribution is 2.29. The summed E-state index contributed by atoms with van der Waals surface area (Å²) in [6.07, 6.45) is 4.27. The van der Waals surface area contributed by atoms with Gasteiger partial charge in [-0.3, -0.25) is 9.78 Å². The van der Waals surface area contributed by atoms with Crippen LogP contribution in [0.4, 0.5) is 0 Å². The van der Waals surface area contributed by atoms with Crippen molar-refractivity contribution in [1.82, 2.24) is 9.88 Å². The van der Waals surface area contributed by atoms with E-state index in [1.165, 1.54) is 0 Å². The number of carbonyl (C=O) groups is 1. The molecule has 1 aliphatic rings. The van der Waals surface area contributed by atoms with Crippen LogP contribution in [0, 0.1) is 0 Å². The second-order valence-corrected chi connectivity index (χ2v) is 5.80. The lowest BCUT2D eigenvalue weighted by Gasteiger charge is -2.24. The minimum Gasteiger partial charge on any atom is -0.334 e. The van der Waals surface area contributed by atoms with Crippen molar-refractivity contribution in [2.45, 2.75) is 37.9 Å². The van der Waals surface area contributed by atoms with Crippen LogP contribution in [0.5, 0.6) is 0 Å². The van der Waals surface area contributed by atoms with Crippen molar-refractivity contribution in [3.63, 3.8) is 0 Å². The summed E-state index contributed by atoms with van der Waals surface area (Å²) in [6.45, 7) is 0.575. The van der Waals surface area contributed by atoms with E-state index in [0.717, 1.165) is 24.1 Å². The molecule has 1 aromatic carbocycles. The molecular formula is C18H22ClN3O. The molecule has 0 spiro atoms. The molecular weight excluding hydrogens is 310 g/mol. The molecule has 0 radical (unpaired) electrons. The summed E-state index contributed by atoms with van der Waals surface area (Å²) < 4.78 is 0. The van der Waals surface area contributed by atoms with E-state index in [4.69, 9.17) is 5.73 Å². The molecule has 1 fully saturated rings. The lowest BCUT2D eigenvalue weighted by molar-refractivity contribution is -0.132. The highest BCUT2D eigenvalue weighted by molar-refractivity contribution is 5.85. The fraction of sp³-hybridized carbons (Fsp3) is 0.333. The van der Waals surface area contributed by atoms with Crippen LogP contribution in [0.15, 0.2) is 54.7 Å². The number of carbonyl (C=O) groups excluding carboxylic acids is 1. The van der Waals surface area contributed by atoms with E-state index in [2.05, 4.69) is 4.98 Å². The molecule has 3 rings (SSSR count). The Morgan fingerprint density at radius 2 is 1.87 bits per heavy atom. The van der Waals surface area contributed by atoms with Crippen LogP contribution >= 0.6 is 12.4 Å². The van der Waals surface area contributed by atoms with E-state index in [0.29, 0.717) is 19.0 Å². The fourth-order valence-electron chi connectivity index (χ4n) is 2.60. The molecule has 1 atom stereocenters. The smallest absolute Gasteiger partial charge is 0.225 e. The summed E-state index contributed by atoms with van der Waals surface area (Å²) in [5, 5.41) is 0. The Morgan fingerprint density at radius 3 is 2.48 bits per heavy atom. The maximum absolute atomic E-state index is 12.6. The number of amides is 1. The van der Waals surface area contributed by atoms with E-state index in [-0.39, 0.29) is 24.4 Å². The molecule has 122 valence electrons. The van der Waals surface area contributed by atoms with Gasteiger partial charge in [-0.2, -0.15) is 0 Å². The first-order valence-electron chi connectivity index (χ1n) is 7.74. The van der Waals surface area contributed by atoms with Crippen LogP contribution in [0.3, 0.4) is 0 Å². The zero-order valence-corrected chi connectivity index (χ0v) is 13.8. The second kappa shape index (κ2) is 8.09. The van der Waals surface area contributed by atoms with Crippen LogP contribution in [-0.2, 0) is 11.3 Å². The van der Waals surface area contributed by atoms with E-state index < -0.39 is 0 Å². The first kappa shape index (κ1) is 17.4. The first-order valence-corrected chi connectivity index (χ1v) is 7.74. The van der Waals surface area contributed by atoms with Crippen molar-refractivity contribution >= 4 is 18.3 Å². The van der Waals surface area contributed by atoms with Crippen LogP contribution in [0.2, 0.25) is 0 Å². The number of nitrogens with zero attached hydrogens (tertiary/aromatic N) is 2. The zero-order chi connectivity index (χ0) is 15.4. The number of aromatic nitrogens is 1. The Balaban J connectivity index is 0.00000192. The molecule has 0 bridgehead atoms. The van der Waals surface area contributed by atoms with Crippen LogP contribution in [0.25, 0.3) is 0 Å². The Hall–Kier alpha value is -1.91. The molecule has 1 unspecified atom stereocenters. The van der Waals surface area contributed by atoms with Crippen LogP contribution in [-0.4, -0.2) is 21.8 Å². The Morgan fingerprint density at radius 1 is 1.17 bits per heavy atom. The number of rotatable bonds is 6. The van der Waals surface area contributed by atoms with Crippen molar-refractivity contribution < 1.29 is 4.79 Å². The van der Waals surface area contributed by atoms with Crippen molar-refractivity contribution in [2.24, 2.45) is 5.73 Å². The minimum atomic E-state index is -0.251. The normalized spacial score (nSPS) is 14.7. The van der Waals surface area contributed by atoms with E-state index >= 15 is 0 Å². The van der Waals surface area contributed by atoms with E-state index in [1.807, 2.05) is 53.4 Å². The Labute approximate surface area is 143 Å². The molecule has 0 aliphatic heterocycles. The van der Waals surface area contributed by atoms with Crippen molar-refractivity contribution in [1.29, 1.82) is 0 Å². The molecule has 2 aromatic rings. The largest absolute Gasteiger partial charge is 0.334 e. The molecule has 1 aromatic heterocycles. The predicted molar refractivity (Wildman–Crippen MR) is 93.0 cm³/mol. The van der Waals surface area contributed by atoms with Crippen molar-refractivity contribution in [3.05, 3.63) is 66.0 Å². The lowest BCUT2D eigenvalue weighted by Crippen LogP contribution is -2.35. The van der Waals surface area contributed by atoms with Gasteiger partial charge in [0.2, 0.25) is 5.91 Å². The van der Waals surface area contributed by atoms with E-state index in [9.17, 15) is 4.79 Å². The molecule has 4 nitrogen and oxygen atoms in total. The third-order valence-corrected chi connectivity index (χ3v) is 3.99. The summed E-state index contributed by atoms with van der Waals surface area (Å²) in [4.78, 5) is 18.9.